The molecule has 0 spiro atoms. The highest BCUT2D eigenvalue weighted by Gasteiger charge is 2.21. The second kappa shape index (κ2) is 7.43. The number of fused-ring (bicyclic) bond motifs is 1. The van der Waals surface area contributed by atoms with Gasteiger partial charge >= 0.3 is 0 Å². The summed E-state index contributed by atoms with van der Waals surface area (Å²) in [7, 11) is 1.47. The Balaban J connectivity index is 1.58. The molecule has 0 unspecified atom stereocenters. The number of aromatic nitrogens is 1. The van der Waals surface area contributed by atoms with Gasteiger partial charge in [0.2, 0.25) is 5.75 Å². The fourth-order valence-electron chi connectivity index (χ4n) is 2.72. The van der Waals surface area contributed by atoms with Gasteiger partial charge in [-0.1, -0.05) is 0 Å². The average Bonchev–Trinajstić information content (AvgIpc) is 3.17. The third-order valence-electron chi connectivity index (χ3n) is 4.02. The van der Waals surface area contributed by atoms with Crippen LogP contribution >= 0.6 is 11.3 Å². The first-order valence-electron chi connectivity index (χ1n) is 8.25. The number of hydrogen-bond acceptors (Lipinski definition) is 6. The van der Waals surface area contributed by atoms with E-state index in [1.54, 1.807) is 6.07 Å². The van der Waals surface area contributed by atoms with E-state index in [4.69, 9.17) is 14.2 Å². The summed E-state index contributed by atoms with van der Waals surface area (Å²) in [5, 5.41) is 4.43. The van der Waals surface area contributed by atoms with E-state index in [9.17, 15) is 13.6 Å². The van der Waals surface area contributed by atoms with Gasteiger partial charge in [-0.3, -0.25) is 10.1 Å². The molecule has 1 aliphatic heterocycles. The highest BCUT2D eigenvalue weighted by Crippen LogP contribution is 2.40. The van der Waals surface area contributed by atoms with E-state index in [0.717, 1.165) is 29.5 Å². The van der Waals surface area contributed by atoms with Gasteiger partial charge in [-0.15, -0.1) is 11.3 Å². The average molecular weight is 404 g/mol. The predicted molar refractivity (Wildman–Crippen MR) is 99.4 cm³/mol. The molecule has 0 atom stereocenters. The number of carbonyl (C=O) groups is 1. The Morgan fingerprint density at radius 1 is 1.21 bits per heavy atom. The molecule has 28 heavy (non-hydrogen) atoms. The minimum absolute atomic E-state index is 0.0257. The number of rotatable bonds is 4. The monoisotopic (exact) mass is 404 g/mol. The van der Waals surface area contributed by atoms with Crippen molar-refractivity contribution in [1.82, 2.24) is 4.98 Å². The molecule has 0 bridgehead atoms. The largest absolute Gasteiger partial charge is 0.493 e. The van der Waals surface area contributed by atoms with Crippen LogP contribution in [-0.2, 0) is 0 Å². The number of hydrogen-bond donors (Lipinski definition) is 1. The first-order valence-corrected chi connectivity index (χ1v) is 9.13. The lowest BCUT2D eigenvalue weighted by Gasteiger charge is -2.21. The fourth-order valence-corrected chi connectivity index (χ4v) is 3.43. The Labute approximate surface area is 162 Å². The maximum atomic E-state index is 13.9. The molecule has 0 fully saturated rings. The zero-order chi connectivity index (χ0) is 19.7. The summed E-state index contributed by atoms with van der Waals surface area (Å²) in [5.41, 5.74) is 0.546. The minimum Gasteiger partial charge on any atom is -0.493 e. The van der Waals surface area contributed by atoms with Crippen molar-refractivity contribution in [2.75, 3.05) is 25.6 Å². The third kappa shape index (κ3) is 3.48. The summed E-state index contributed by atoms with van der Waals surface area (Å²) in [6.45, 7) is 0.768. The van der Waals surface area contributed by atoms with Gasteiger partial charge in [0.1, 0.15) is 24.8 Å². The molecule has 1 aromatic heterocycles. The summed E-state index contributed by atoms with van der Waals surface area (Å²) in [6.07, 6.45) is 0. The quantitative estimate of drug-likeness (QED) is 0.708. The van der Waals surface area contributed by atoms with Crippen LogP contribution in [0.5, 0.6) is 17.2 Å². The maximum Gasteiger partial charge on any atom is 0.257 e. The number of halogens is 2. The number of carbonyl (C=O) groups excluding carboxylic acids is 1. The Bertz CT molecular complexity index is 1040. The predicted octanol–water partition coefficient (Wildman–Crippen LogP) is 4.12. The molecule has 0 aliphatic carbocycles. The fraction of sp³-hybridized carbons (Fsp3) is 0.158. The second-order valence-electron chi connectivity index (χ2n) is 5.82. The van der Waals surface area contributed by atoms with Crippen molar-refractivity contribution in [2.45, 2.75) is 0 Å². The standard InChI is InChI=1S/C19H14F2N2O4S/c1-25-15-6-10(7-16-17(15)27-5-4-26-16)18(24)23-19-22-14(9-28-19)12-8-11(20)2-3-13(12)21/h2-3,6-9H,4-5H2,1H3,(H,22,23,24). The van der Waals surface area contributed by atoms with Crippen LogP contribution in [0.3, 0.4) is 0 Å². The van der Waals surface area contributed by atoms with Crippen molar-refractivity contribution >= 4 is 22.4 Å². The molecule has 4 rings (SSSR count). The van der Waals surface area contributed by atoms with Gasteiger partial charge in [0.05, 0.1) is 12.8 Å². The highest BCUT2D eigenvalue weighted by molar-refractivity contribution is 7.14. The smallest absolute Gasteiger partial charge is 0.257 e. The van der Waals surface area contributed by atoms with Gasteiger partial charge < -0.3 is 14.2 Å². The normalized spacial score (nSPS) is 12.5. The molecule has 3 aromatic rings. The van der Waals surface area contributed by atoms with Crippen molar-refractivity contribution in [2.24, 2.45) is 0 Å². The first-order chi connectivity index (χ1) is 13.5. The number of thiazole rings is 1. The Kier molecular flexibility index (Phi) is 4.82. The van der Waals surface area contributed by atoms with Crippen LogP contribution in [0.1, 0.15) is 10.4 Å². The lowest BCUT2D eigenvalue weighted by Crippen LogP contribution is -2.18. The lowest BCUT2D eigenvalue weighted by molar-refractivity contribution is 0.102. The van der Waals surface area contributed by atoms with E-state index < -0.39 is 17.5 Å². The molecule has 6 nitrogen and oxygen atoms in total. The van der Waals surface area contributed by atoms with Gasteiger partial charge in [-0.2, -0.15) is 0 Å². The molecule has 9 heteroatoms. The molecule has 1 aliphatic rings. The lowest BCUT2D eigenvalue weighted by atomic mass is 10.1. The van der Waals surface area contributed by atoms with Gasteiger partial charge in [0.25, 0.3) is 5.91 Å². The number of anilines is 1. The van der Waals surface area contributed by atoms with Gasteiger partial charge in [0.15, 0.2) is 16.6 Å². The topological polar surface area (TPSA) is 69.7 Å². The number of nitrogens with zero attached hydrogens (tertiary/aromatic N) is 1. The molecule has 0 saturated carbocycles. The van der Waals surface area contributed by atoms with Crippen molar-refractivity contribution in [3.05, 3.63) is 52.9 Å². The van der Waals surface area contributed by atoms with E-state index in [-0.39, 0.29) is 22.0 Å². The van der Waals surface area contributed by atoms with Crippen molar-refractivity contribution < 1.29 is 27.8 Å². The third-order valence-corrected chi connectivity index (χ3v) is 4.78. The summed E-state index contributed by atoms with van der Waals surface area (Å²) < 4.78 is 43.6. The molecule has 2 aromatic carbocycles. The summed E-state index contributed by atoms with van der Waals surface area (Å²) >= 11 is 1.10. The van der Waals surface area contributed by atoms with E-state index in [2.05, 4.69) is 10.3 Å². The number of amides is 1. The van der Waals surface area contributed by atoms with Crippen LogP contribution in [0.4, 0.5) is 13.9 Å². The van der Waals surface area contributed by atoms with Crippen LogP contribution in [0, 0.1) is 11.6 Å². The molecule has 1 N–H and O–H groups in total. The number of ether oxygens (including phenoxy) is 3. The molecule has 2 heterocycles. The number of benzene rings is 2. The Morgan fingerprint density at radius 2 is 2.04 bits per heavy atom. The van der Waals surface area contributed by atoms with Gasteiger partial charge in [-0.25, -0.2) is 13.8 Å². The number of methoxy groups -OCH3 is 1. The molecule has 1 amide bonds. The summed E-state index contributed by atoms with van der Waals surface area (Å²) in [6, 6.07) is 6.20. The summed E-state index contributed by atoms with van der Waals surface area (Å²) in [4.78, 5) is 16.8. The van der Waals surface area contributed by atoms with E-state index in [1.807, 2.05) is 0 Å². The van der Waals surface area contributed by atoms with Crippen LogP contribution < -0.4 is 19.5 Å². The Morgan fingerprint density at radius 3 is 2.86 bits per heavy atom. The van der Waals surface area contributed by atoms with Crippen LogP contribution in [0.15, 0.2) is 35.7 Å². The molecule has 0 saturated heterocycles. The Hall–Kier alpha value is -3.20. The zero-order valence-electron chi connectivity index (χ0n) is 14.6. The SMILES string of the molecule is COc1cc(C(=O)Nc2nc(-c3cc(F)ccc3F)cs2)cc2c1OCCO2. The van der Waals surface area contributed by atoms with Crippen LogP contribution in [0.2, 0.25) is 0 Å². The van der Waals surface area contributed by atoms with Gasteiger partial charge in [0, 0.05) is 16.5 Å². The van der Waals surface area contributed by atoms with Crippen LogP contribution in [0.25, 0.3) is 11.3 Å². The number of nitrogens with one attached hydrogen (secondary N) is 1. The van der Waals surface area contributed by atoms with E-state index in [0.29, 0.717) is 30.5 Å². The van der Waals surface area contributed by atoms with Crippen molar-refractivity contribution in [3.8, 4) is 28.5 Å². The second-order valence-corrected chi connectivity index (χ2v) is 6.68. The first kappa shape index (κ1) is 18.2. The van der Waals surface area contributed by atoms with E-state index >= 15 is 0 Å². The highest BCUT2D eigenvalue weighted by atomic mass is 32.1. The van der Waals surface area contributed by atoms with Crippen LogP contribution in [-0.4, -0.2) is 31.2 Å². The molecular weight excluding hydrogens is 390 g/mol. The van der Waals surface area contributed by atoms with Gasteiger partial charge in [-0.05, 0) is 30.3 Å². The van der Waals surface area contributed by atoms with E-state index in [1.165, 1.54) is 18.6 Å². The summed E-state index contributed by atoms with van der Waals surface area (Å²) in [5.74, 6) is -0.375. The molecule has 0 radical (unpaired) electrons. The molecular formula is C19H14F2N2O4S. The molecule has 144 valence electrons. The van der Waals surface area contributed by atoms with Crippen molar-refractivity contribution in [1.29, 1.82) is 0 Å². The maximum absolute atomic E-state index is 13.9. The zero-order valence-corrected chi connectivity index (χ0v) is 15.4. The minimum atomic E-state index is -0.596. The van der Waals surface area contributed by atoms with Crippen molar-refractivity contribution in [3.63, 3.8) is 0 Å².